The van der Waals surface area contributed by atoms with E-state index in [0.717, 1.165) is 17.8 Å². The second-order valence-electron chi connectivity index (χ2n) is 4.55. The lowest BCUT2D eigenvalue weighted by atomic mass is 10.1. The molecule has 2 rings (SSSR count). The van der Waals surface area contributed by atoms with Crippen molar-refractivity contribution in [3.8, 4) is 0 Å². The normalized spacial score (nSPS) is 10.2. The van der Waals surface area contributed by atoms with Gasteiger partial charge in [-0.05, 0) is 18.9 Å². The monoisotopic (exact) mass is 260 g/mol. The van der Waals surface area contributed by atoms with Crippen molar-refractivity contribution in [2.45, 2.75) is 47.1 Å². The van der Waals surface area contributed by atoms with E-state index in [9.17, 15) is 0 Å². The summed E-state index contributed by atoms with van der Waals surface area (Å²) < 4.78 is 2.11. The Hall–Kier alpha value is -1.84. The summed E-state index contributed by atoms with van der Waals surface area (Å²) in [7, 11) is 0. The summed E-state index contributed by atoms with van der Waals surface area (Å²) in [4.78, 5) is 8.53. The summed E-state index contributed by atoms with van der Waals surface area (Å²) in [5.74, 6) is 1.04. The molecule has 2 N–H and O–H groups in total. The fraction of sp³-hybridized carbons (Fsp3) is 0.467. The summed E-state index contributed by atoms with van der Waals surface area (Å²) in [5, 5.41) is 0. The van der Waals surface area contributed by atoms with Crippen LogP contribution in [0.3, 0.4) is 0 Å². The van der Waals surface area contributed by atoms with E-state index >= 15 is 0 Å². The quantitative estimate of drug-likeness (QED) is 0.920. The zero-order valence-electron chi connectivity index (χ0n) is 12.5. The molecule has 19 heavy (non-hydrogen) atoms. The minimum atomic E-state index is 0.447. The van der Waals surface area contributed by atoms with Crippen molar-refractivity contribution in [2.75, 3.05) is 5.73 Å². The number of nitrogens with two attached hydrogens (primary N) is 1. The minimum absolute atomic E-state index is 0.447. The fourth-order valence-electron chi connectivity index (χ4n) is 1.95. The molecule has 104 valence electrons. The van der Waals surface area contributed by atoms with Crippen LogP contribution in [0.2, 0.25) is 0 Å². The number of aromatic nitrogens is 3. The van der Waals surface area contributed by atoms with E-state index in [1.807, 2.05) is 32.3 Å². The van der Waals surface area contributed by atoms with Gasteiger partial charge in [-0.3, -0.25) is 0 Å². The molecule has 0 aromatic carbocycles. The van der Waals surface area contributed by atoms with Crippen molar-refractivity contribution in [1.82, 2.24) is 14.5 Å². The molecule has 2 aromatic heterocycles. The third-order valence-electron chi connectivity index (χ3n) is 2.95. The number of rotatable bonds is 3. The van der Waals surface area contributed by atoms with Crippen molar-refractivity contribution >= 4 is 5.82 Å². The lowest BCUT2D eigenvalue weighted by molar-refractivity contribution is 0.755. The molecule has 0 aliphatic rings. The molecule has 0 aliphatic carbocycles. The second kappa shape index (κ2) is 6.92. The summed E-state index contributed by atoms with van der Waals surface area (Å²) in [5.41, 5.74) is 9.21. The van der Waals surface area contributed by atoms with Crippen LogP contribution in [-0.4, -0.2) is 14.5 Å². The molecule has 0 spiro atoms. The number of imidazole rings is 1. The predicted molar refractivity (Wildman–Crippen MR) is 80.2 cm³/mol. The van der Waals surface area contributed by atoms with Gasteiger partial charge in [-0.2, -0.15) is 0 Å². The average molecular weight is 260 g/mol. The van der Waals surface area contributed by atoms with Gasteiger partial charge in [0.25, 0.3) is 0 Å². The number of nitrogen functional groups attached to an aromatic ring is 1. The second-order valence-corrected chi connectivity index (χ2v) is 4.55. The average Bonchev–Trinajstić information content (AvgIpc) is 2.76. The Morgan fingerprint density at radius 2 is 1.95 bits per heavy atom. The maximum absolute atomic E-state index is 5.84. The van der Waals surface area contributed by atoms with Gasteiger partial charge in [0.1, 0.15) is 5.82 Å². The van der Waals surface area contributed by atoms with Crippen molar-refractivity contribution in [3.63, 3.8) is 0 Å². The van der Waals surface area contributed by atoms with E-state index in [2.05, 4.69) is 35.3 Å². The predicted octanol–water partition coefficient (Wildman–Crippen LogP) is 3.37. The molecule has 2 heterocycles. The first-order chi connectivity index (χ1) is 9.09. The Morgan fingerprint density at radius 1 is 1.26 bits per heavy atom. The fourth-order valence-corrected chi connectivity index (χ4v) is 1.95. The van der Waals surface area contributed by atoms with Gasteiger partial charge in [-0.1, -0.05) is 33.8 Å². The highest BCUT2D eigenvalue weighted by atomic mass is 15.1. The number of pyridine rings is 1. The molecule has 0 amide bonds. The Morgan fingerprint density at radius 3 is 2.47 bits per heavy atom. The van der Waals surface area contributed by atoms with Crippen LogP contribution in [0.4, 0.5) is 5.82 Å². The zero-order valence-corrected chi connectivity index (χ0v) is 12.5. The van der Waals surface area contributed by atoms with Gasteiger partial charge in [0, 0.05) is 17.5 Å². The summed E-state index contributed by atoms with van der Waals surface area (Å²) >= 11 is 0. The highest BCUT2D eigenvalue weighted by Gasteiger charge is 2.10. The molecule has 0 saturated carbocycles. The van der Waals surface area contributed by atoms with Crippen LogP contribution in [0.15, 0.2) is 24.7 Å². The van der Waals surface area contributed by atoms with Crippen LogP contribution in [0.5, 0.6) is 0 Å². The molecule has 4 nitrogen and oxygen atoms in total. The molecule has 0 bridgehead atoms. The summed E-state index contributed by atoms with van der Waals surface area (Å²) in [6.07, 6.45) is 3.58. The topological polar surface area (TPSA) is 56.7 Å². The van der Waals surface area contributed by atoms with Crippen molar-refractivity contribution in [2.24, 2.45) is 0 Å². The molecule has 4 heteroatoms. The van der Waals surface area contributed by atoms with Crippen LogP contribution in [0, 0.1) is 6.92 Å². The molecule has 0 atom stereocenters. The van der Waals surface area contributed by atoms with Crippen LogP contribution < -0.4 is 5.73 Å². The molecular weight excluding hydrogens is 236 g/mol. The van der Waals surface area contributed by atoms with E-state index in [-0.39, 0.29) is 0 Å². The number of hydrogen-bond donors (Lipinski definition) is 1. The van der Waals surface area contributed by atoms with Gasteiger partial charge >= 0.3 is 0 Å². The molecule has 0 saturated heterocycles. The molecule has 0 fully saturated rings. The van der Waals surface area contributed by atoms with Gasteiger partial charge in [-0.15, -0.1) is 0 Å². The minimum Gasteiger partial charge on any atom is -0.383 e. The SMILES string of the molecule is CC.Cc1c(C(C)C)ncn1Cc1cccnc1N. The van der Waals surface area contributed by atoms with Gasteiger partial charge in [0.15, 0.2) is 0 Å². The number of anilines is 1. The first-order valence-electron chi connectivity index (χ1n) is 6.80. The maximum Gasteiger partial charge on any atom is 0.128 e. The molecule has 2 aromatic rings. The van der Waals surface area contributed by atoms with Crippen LogP contribution in [0.25, 0.3) is 0 Å². The first-order valence-corrected chi connectivity index (χ1v) is 6.80. The largest absolute Gasteiger partial charge is 0.383 e. The Bertz CT molecular complexity index is 515. The van der Waals surface area contributed by atoms with Gasteiger partial charge in [0.2, 0.25) is 0 Å². The lowest BCUT2D eigenvalue weighted by Crippen LogP contribution is -2.05. The van der Waals surface area contributed by atoms with E-state index in [1.165, 1.54) is 5.69 Å². The smallest absolute Gasteiger partial charge is 0.128 e. The Labute approximate surface area is 115 Å². The van der Waals surface area contributed by atoms with E-state index < -0.39 is 0 Å². The number of hydrogen-bond acceptors (Lipinski definition) is 3. The first kappa shape index (κ1) is 15.2. The lowest BCUT2D eigenvalue weighted by Gasteiger charge is -2.09. The number of nitrogens with zero attached hydrogens (tertiary/aromatic N) is 3. The van der Waals surface area contributed by atoms with E-state index in [1.54, 1.807) is 6.20 Å². The summed E-state index contributed by atoms with van der Waals surface area (Å²) in [6.45, 7) is 11.1. The van der Waals surface area contributed by atoms with Crippen molar-refractivity contribution in [3.05, 3.63) is 41.6 Å². The zero-order chi connectivity index (χ0) is 14.4. The van der Waals surface area contributed by atoms with E-state index in [4.69, 9.17) is 5.73 Å². The third kappa shape index (κ3) is 3.56. The van der Waals surface area contributed by atoms with Crippen molar-refractivity contribution < 1.29 is 0 Å². The van der Waals surface area contributed by atoms with Gasteiger partial charge in [-0.25, -0.2) is 9.97 Å². The maximum atomic E-state index is 5.84. The van der Waals surface area contributed by atoms with Crippen LogP contribution in [-0.2, 0) is 6.54 Å². The van der Waals surface area contributed by atoms with E-state index in [0.29, 0.717) is 11.7 Å². The summed E-state index contributed by atoms with van der Waals surface area (Å²) in [6, 6.07) is 3.90. The Kier molecular flexibility index (Phi) is 5.55. The highest BCUT2D eigenvalue weighted by Crippen LogP contribution is 2.18. The van der Waals surface area contributed by atoms with Crippen molar-refractivity contribution in [1.29, 1.82) is 0 Å². The highest BCUT2D eigenvalue weighted by molar-refractivity contribution is 5.38. The van der Waals surface area contributed by atoms with Crippen LogP contribution in [0.1, 0.15) is 50.6 Å². The molecule has 0 radical (unpaired) electrons. The Balaban J connectivity index is 0.000000861. The third-order valence-corrected chi connectivity index (χ3v) is 2.95. The van der Waals surface area contributed by atoms with Gasteiger partial charge < -0.3 is 10.3 Å². The molecule has 0 aliphatic heterocycles. The van der Waals surface area contributed by atoms with Gasteiger partial charge in [0.05, 0.1) is 18.6 Å². The molecular formula is C15H24N4. The molecule has 0 unspecified atom stereocenters. The van der Waals surface area contributed by atoms with Crippen LogP contribution >= 0.6 is 0 Å². The standard InChI is InChI=1S/C13H18N4.C2H6/c1-9(2)12-10(3)17(8-16-12)7-11-5-4-6-15-13(11)14;1-2/h4-6,8-9H,7H2,1-3H3,(H2,14,15);1-2H3.